The van der Waals surface area contributed by atoms with E-state index >= 15 is 0 Å². The van der Waals surface area contributed by atoms with E-state index in [1.54, 1.807) is 6.07 Å². The van der Waals surface area contributed by atoms with E-state index in [0.29, 0.717) is 5.75 Å². The second-order valence-corrected chi connectivity index (χ2v) is 4.06. The van der Waals surface area contributed by atoms with E-state index in [4.69, 9.17) is 4.74 Å². The highest BCUT2D eigenvalue weighted by atomic mass is 16.5. The molecule has 0 radical (unpaired) electrons. The van der Waals surface area contributed by atoms with E-state index in [1.165, 1.54) is 12.8 Å². The van der Waals surface area contributed by atoms with Gasteiger partial charge in [0.2, 0.25) is 0 Å². The summed E-state index contributed by atoms with van der Waals surface area (Å²) in [5, 5.41) is 12.8. The third-order valence-corrected chi connectivity index (χ3v) is 2.64. The summed E-state index contributed by atoms with van der Waals surface area (Å²) >= 11 is 0. The Balaban J connectivity index is 1.99. The topological polar surface area (TPSA) is 41.5 Å². The van der Waals surface area contributed by atoms with Gasteiger partial charge in [-0.1, -0.05) is 25.0 Å². The van der Waals surface area contributed by atoms with Gasteiger partial charge in [-0.2, -0.15) is 0 Å². The first-order chi connectivity index (χ1) is 8.34. The highest BCUT2D eigenvalue weighted by Gasteiger charge is 1.97. The second-order valence-electron chi connectivity index (χ2n) is 4.06. The Bertz CT molecular complexity index is 302. The molecule has 0 atom stereocenters. The van der Waals surface area contributed by atoms with Crippen molar-refractivity contribution in [3.63, 3.8) is 0 Å². The van der Waals surface area contributed by atoms with E-state index in [2.05, 4.69) is 5.32 Å². The van der Waals surface area contributed by atoms with Crippen molar-refractivity contribution in [3.05, 3.63) is 24.3 Å². The highest BCUT2D eigenvalue weighted by molar-refractivity contribution is 5.54. The summed E-state index contributed by atoms with van der Waals surface area (Å²) in [6.07, 6.45) is 4.68. The minimum absolute atomic E-state index is 0.323. The molecule has 0 fully saturated rings. The fraction of sp³-hybridized carbons (Fsp3) is 0.571. The Labute approximate surface area is 104 Å². The van der Waals surface area contributed by atoms with E-state index in [9.17, 15) is 5.11 Å². The maximum absolute atomic E-state index is 9.53. The van der Waals surface area contributed by atoms with Crippen LogP contribution >= 0.6 is 0 Å². The number of ether oxygens (including phenoxy) is 1. The largest absolute Gasteiger partial charge is 0.506 e. The summed E-state index contributed by atoms with van der Waals surface area (Å²) in [7, 11) is 0. The number of anilines is 1. The molecule has 0 saturated heterocycles. The summed E-state index contributed by atoms with van der Waals surface area (Å²) in [5.41, 5.74) is 0.821. The van der Waals surface area contributed by atoms with Crippen LogP contribution < -0.4 is 5.32 Å². The smallest absolute Gasteiger partial charge is 0.138 e. The fourth-order valence-corrected chi connectivity index (χ4v) is 1.67. The molecule has 0 aliphatic rings. The molecule has 0 unspecified atom stereocenters. The third-order valence-electron chi connectivity index (χ3n) is 2.64. The van der Waals surface area contributed by atoms with Crippen molar-refractivity contribution in [2.24, 2.45) is 0 Å². The molecule has 0 aromatic heterocycles. The number of unbranched alkanes of at least 4 members (excludes halogenated alkanes) is 3. The summed E-state index contributed by atoms with van der Waals surface area (Å²) in [4.78, 5) is 0. The maximum Gasteiger partial charge on any atom is 0.138 e. The minimum Gasteiger partial charge on any atom is -0.506 e. The van der Waals surface area contributed by atoms with Gasteiger partial charge in [-0.3, -0.25) is 0 Å². The van der Waals surface area contributed by atoms with Crippen LogP contribution in [-0.2, 0) is 4.74 Å². The first kappa shape index (κ1) is 13.8. The number of para-hydroxylation sites is 2. The lowest BCUT2D eigenvalue weighted by Gasteiger charge is -2.07. The number of phenols is 1. The number of hydrogen-bond donors (Lipinski definition) is 2. The standard InChI is InChI=1S/C14H23NO2/c1-2-17-12-8-4-3-7-11-15-13-9-5-6-10-14(13)16/h5-6,9-10,15-16H,2-4,7-8,11-12H2,1H3. The van der Waals surface area contributed by atoms with Crippen molar-refractivity contribution < 1.29 is 9.84 Å². The average Bonchev–Trinajstić information content (AvgIpc) is 2.35. The van der Waals surface area contributed by atoms with E-state index < -0.39 is 0 Å². The number of hydrogen-bond acceptors (Lipinski definition) is 3. The lowest BCUT2D eigenvalue weighted by Crippen LogP contribution is -2.01. The van der Waals surface area contributed by atoms with Crippen LogP contribution in [0.25, 0.3) is 0 Å². The molecule has 96 valence electrons. The molecule has 3 heteroatoms. The summed E-state index contributed by atoms with van der Waals surface area (Å²) in [6, 6.07) is 7.34. The molecule has 1 aromatic carbocycles. The van der Waals surface area contributed by atoms with Crippen molar-refractivity contribution in [2.75, 3.05) is 25.1 Å². The molecule has 2 N–H and O–H groups in total. The van der Waals surface area contributed by atoms with Gasteiger partial charge in [0.25, 0.3) is 0 Å². The molecule has 0 amide bonds. The van der Waals surface area contributed by atoms with Crippen molar-refractivity contribution in [1.82, 2.24) is 0 Å². The van der Waals surface area contributed by atoms with Crippen molar-refractivity contribution >= 4 is 5.69 Å². The van der Waals surface area contributed by atoms with Crippen LogP contribution in [0.15, 0.2) is 24.3 Å². The number of nitrogens with one attached hydrogen (secondary N) is 1. The predicted molar refractivity (Wildman–Crippen MR) is 71.6 cm³/mol. The minimum atomic E-state index is 0.323. The van der Waals surface area contributed by atoms with Gasteiger partial charge in [-0.15, -0.1) is 0 Å². The zero-order chi connectivity index (χ0) is 12.3. The van der Waals surface area contributed by atoms with E-state index in [0.717, 1.165) is 38.3 Å². The predicted octanol–water partition coefficient (Wildman–Crippen LogP) is 3.40. The molecule has 0 aliphatic carbocycles. The van der Waals surface area contributed by atoms with E-state index in [-0.39, 0.29) is 0 Å². The van der Waals surface area contributed by atoms with Crippen LogP contribution in [0, 0.1) is 0 Å². The fourth-order valence-electron chi connectivity index (χ4n) is 1.67. The Morgan fingerprint density at radius 2 is 1.88 bits per heavy atom. The van der Waals surface area contributed by atoms with Crippen LogP contribution in [0.3, 0.4) is 0 Å². The Kier molecular flexibility index (Phi) is 7.23. The molecule has 0 spiro atoms. The lowest BCUT2D eigenvalue weighted by atomic mass is 10.2. The molecule has 1 rings (SSSR count). The Morgan fingerprint density at radius 1 is 1.12 bits per heavy atom. The third kappa shape index (κ3) is 6.17. The zero-order valence-electron chi connectivity index (χ0n) is 10.6. The number of aromatic hydroxyl groups is 1. The van der Waals surface area contributed by atoms with Crippen LogP contribution in [-0.4, -0.2) is 24.9 Å². The van der Waals surface area contributed by atoms with Gasteiger partial charge in [0.15, 0.2) is 0 Å². The summed E-state index contributed by atoms with van der Waals surface area (Å²) in [6.45, 7) is 4.63. The van der Waals surface area contributed by atoms with Gasteiger partial charge in [0.1, 0.15) is 5.75 Å². The highest BCUT2D eigenvalue weighted by Crippen LogP contribution is 2.21. The number of rotatable bonds is 9. The SMILES string of the molecule is CCOCCCCCCNc1ccccc1O. The van der Waals surface area contributed by atoms with Crippen molar-refractivity contribution in [2.45, 2.75) is 32.6 Å². The number of benzene rings is 1. The molecular weight excluding hydrogens is 214 g/mol. The van der Waals surface area contributed by atoms with Crippen LogP contribution in [0.4, 0.5) is 5.69 Å². The Hall–Kier alpha value is -1.22. The molecule has 0 bridgehead atoms. The molecule has 0 saturated carbocycles. The van der Waals surface area contributed by atoms with E-state index in [1.807, 2.05) is 25.1 Å². The van der Waals surface area contributed by atoms with Gasteiger partial charge < -0.3 is 15.2 Å². The van der Waals surface area contributed by atoms with Crippen LogP contribution in [0.1, 0.15) is 32.6 Å². The Morgan fingerprint density at radius 3 is 2.65 bits per heavy atom. The maximum atomic E-state index is 9.53. The monoisotopic (exact) mass is 237 g/mol. The zero-order valence-corrected chi connectivity index (χ0v) is 10.6. The van der Waals surface area contributed by atoms with Gasteiger partial charge in [-0.25, -0.2) is 0 Å². The van der Waals surface area contributed by atoms with Gasteiger partial charge in [-0.05, 0) is 31.9 Å². The van der Waals surface area contributed by atoms with Crippen molar-refractivity contribution in [1.29, 1.82) is 0 Å². The average molecular weight is 237 g/mol. The second kappa shape index (κ2) is 8.88. The quantitative estimate of drug-likeness (QED) is 0.511. The summed E-state index contributed by atoms with van der Waals surface area (Å²) in [5.74, 6) is 0.323. The molecule has 1 aromatic rings. The number of phenolic OH excluding ortho intramolecular Hbond substituents is 1. The lowest BCUT2D eigenvalue weighted by molar-refractivity contribution is 0.143. The van der Waals surface area contributed by atoms with Crippen LogP contribution in [0.5, 0.6) is 5.75 Å². The van der Waals surface area contributed by atoms with Gasteiger partial charge in [0.05, 0.1) is 5.69 Å². The molecule has 0 heterocycles. The molecule has 17 heavy (non-hydrogen) atoms. The normalized spacial score (nSPS) is 10.4. The first-order valence-electron chi connectivity index (χ1n) is 6.44. The van der Waals surface area contributed by atoms with Gasteiger partial charge in [0, 0.05) is 19.8 Å². The van der Waals surface area contributed by atoms with Crippen LogP contribution in [0.2, 0.25) is 0 Å². The first-order valence-corrected chi connectivity index (χ1v) is 6.44. The summed E-state index contributed by atoms with van der Waals surface area (Å²) < 4.78 is 5.28. The molecule has 0 aliphatic heterocycles. The van der Waals surface area contributed by atoms with Crippen molar-refractivity contribution in [3.8, 4) is 5.75 Å². The molecule has 3 nitrogen and oxygen atoms in total. The molecular formula is C14H23NO2. The van der Waals surface area contributed by atoms with Gasteiger partial charge >= 0.3 is 0 Å².